The van der Waals surface area contributed by atoms with Gasteiger partial charge in [0.1, 0.15) is 23.8 Å². The predicted molar refractivity (Wildman–Crippen MR) is 74.6 cm³/mol. The molecule has 0 unspecified atom stereocenters. The van der Waals surface area contributed by atoms with Gasteiger partial charge in [-0.25, -0.2) is 19.9 Å². The Balaban J connectivity index is 2.20. The van der Waals surface area contributed by atoms with Gasteiger partial charge in [-0.1, -0.05) is 13.8 Å². The zero-order valence-electron chi connectivity index (χ0n) is 11.4. The maximum Gasteiger partial charge on any atom is 0.135 e. The van der Waals surface area contributed by atoms with Crippen molar-refractivity contribution in [2.75, 3.05) is 11.1 Å². The first-order valence-electron chi connectivity index (χ1n) is 6.20. The highest BCUT2D eigenvalue weighted by Crippen LogP contribution is 2.21. The highest BCUT2D eigenvalue weighted by atomic mass is 15.1. The number of nitrogens with one attached hydrogen (secondary N) is 1. The largest absolute Gasteiger partial charge is 0.383 e. The maximum absolute atomic E-state index is 5.91. The quantitative estimate of drug-likeness (QED) is 0.870. The highest BCUT2D eigenvalue weighted by Gasteiger charge is 2.11. The van der Waals surface area contributed by atoms with E-state index in [1.54, 1.807) is 6.20 Å². The van der Waals surface area contributed by atoms with Gasteiger partial charge in [0.2, 0.25) is 0 Å². The standard InChI is InChI=1S/C13H18N6/c1-8(2)12-18-11(14)9(3)13(19-12)16-6-10-4-5-15-7-17-10/h4-5,7-8H,6H2,1-3H3,(H3,14,16,18,19). The molecule has 0 aliphatic carbocycles. The Morgan fingerprint density at radius 1 is 1.32 bits per heavy atom. The zero-order chi connectivity index (χ0) is 13.8. The van der Waals surface area contributed by atoms with Gasteiger partial charge in [0.25, 0.3) is 0 Å². The minimum atomic E-state index is 0.238. The second kappa shape index (κ2) is 5.60. The average molecular weight is 258 g/mol. The van der Waals surface area contributed by atoms with E-state index in [0.29, 0.717) is 12.4 Å². The van der Waals surface area contributed by atoms with E-state index in [4.69, 9.17) is 5.73 Å². The molecule has 0 fully saturated rings. The van der Waals surface area contributed by atoms with Gasteiger partial charge in [0, 0.05) is 17.7 Å². The van der Waals surface area contributed by atoms with Crippen molar-refractivity contribution in [3.05, 3.63) is 35.7 Å². The van der Waals surface area contributed by atoms with Crippen molar-refractivity contribution in [2.24, 2.45) is 0 Å². The van der Waals surface area contributed by atoms with Crippen LogP contribution in [0.25, 0.3) is 0 Å². The summed E-state index contributed by atoms with van der Waals surface area (Å²) >= 11 is 0. The number of hydrogen-bond donors (Lipinski definition) is 2. The number of anilines is 2. The van der Waals surface area contributed by atoms with Crippen LogP contribution in [0.1, 0.15) is 36.8 Å². The molecule has 0 saturated carbocycles. The van der Waals surface area contributed by atoms with Gasteiger partial charge in [-0.3, -0.25) is 0 Å². The van der Waals surface area contributed by atoms with Gasteiger partial charge < -0.3 is 11.1 Å². The van der Waals surface area contributed by atoms with Crippen molar-refractivity contribution in [2.45, 2.75) is 33.2 Å². The summed E-state index contributed by atoms with van der Waals surface area (Å²) in [6.45, 7) is 6.57. The smallest absolute Gasteiger partial charge is 0.135 e. The Morgan fingerprint density at radius 3 is 2.74 bits per heavy atom. The van der Waals surface area contributed by atoms with E-state index in [0.717, 1.165) is 22.9 Å². The van der Waals surface area contributed by atoms with E-state index in [1.807, 2.05) is 26.8 Å². The Morgan fingerprint density at radius 2 is 2.11 bits per heavy atom. The molecule has 0 radical (unpaired) electrons. The molecule has 2 aromatic rings. The molecule has 19 heavy (non-hydrogen) atoms. The summed E-state index contributed by atoms with van der Waals surface area (Å²) in [6, 6.07) is 1.86. The molecule has 3 N–H and O–H groups in total. The molecule has 2 rings (SSSR count). The van der Waals surface area contributed by atoms with Crippen molar-refractivity contribution in [1.82, 2.24) is 19.9 Å². The van der Waals surface area contributed by atoms with Crippen LogP contribution in [0.5, 0.6) is 0 Å². The molecular formula is C13H18N6. The van der Waals surface area contributed by atoms with E-state index in [2.05, 4.69) is 25.3 Å². The van der Waals surface area contributed by atoms with Crippen LogP contribution in [0.4, 0.5) is 11.6 Å². The summed E-state index contributed by atoms with van der Waals surface area (Å²) in [5.74, 6) is 2.26. The van der Waals surface area contributed by atoms with Gasteiger partial charge in [0.05, 0.1) is 12.2 Å². The van der Waals surface area contributed by atoms with Crippen LogP contribution in [0, 0.1) is 6.92 Å². The number of aromatic nitrogens is 4. The lowest BCUT2D eigenvalue weighted by atomic mass is 10.2. The molecule has 0 saturated heterocycles. The van der Waals surface area contributed by atoms with Crippen LogP contribution >= 0.6 is 0 Å². The average Bonchev–Trinajstić information content (AvgIpc) is 2.41. The van der Waals surface area contributed by atoms with Gasteiger partial charge >= 0.3 is 0 Å². The van der Waals surface area contributed by atoms with Crippen molar-refractivity contribution < 1.29 is 0 Å². The fourth-order valence-electron chi connectivity index (χ4n) is 1.58. The van der Waals surface area contributed by atoms with Gasteiger partial charge in [-0.15, -0.1) is 0 Å². The van der Waals surface area contributed by atoms with E-state index in [9.17, 15) is 0 Å². The topological polar surface area (TPSA) is 89.6 Å². The Kier molecular flexibility index (Phi) is 3.89. The minimum Gasteiger partial charge on any atom is -0.383 e. The SMILES string of the molecule is Cc1c(N)nc(C(C)C)nc1NCc1ccncn1. The first-order valence-corrected chi connectivity index (χ1v) is 6.20. The second-order valence-corrected chi connectivity index (χ2v) is 4.65. The lowest BCUT2D eigenvalue weighted by molar-refractivity contribution is 0.774. The molecule has 100 valence electrons. The Labute approximate surface area is 112 Å². The van der Waals surface area contributed by atoms with E-state index in [-0.39, 0.29) is 5.92 Å². The predicted octanol–water partition coefficient (Wildman–Crippen LogP) is 1.89. The molecule has 0 aliphatic rings. The van der Waals surface area contributed by atoms with Crippen LogP contribution in [0.3, 0.4) is 0 Å². The van der Waals surface area contributed by atoms with Crippen molar-refractivity contribution in [3.8, 4) is 0 Å². The van der Waals surface area contributed by atoms with Crippen LogP contribution in [-0.4, -0.2) is 19.9 Å². The molecule has 0 amide bonds. The van der Waals surface area contributed by atoms with Gasteiger partial charge in [-0.05, 0) is 13.0 Å². The minimum absolute atomic E-state index is 0.238. The molecule has 0 spiro atoms. The van der Waals surface area contributed by atoms with Crippen LogP contribution < -0.4 is 11.1 Å². The van der Waals surface area contributed by atoms with E-state index < -0.39 is 0 Å². The monoisotopic (exact) mass is 258 g/mol. The summed E-state index contributed by atoms with van der Waals surface area (Å²) in [4.78, 5) is 16.8. The maximum atomic E-state index is 5.91. The normalized spacial score (nSPS) is 10.7. The van der Waals surface area contributed by atoms with Crippen molar-refractivity contribution in [1.29, 1.82) is 0 Å². The lowest BCUT2D eigenvalue weighted by Crippen LogP contribution is -2.11. The lowest BCUT2D eigenvalue weighted by Gasteiger charge is -2.13. The van der Waals surface area contributed by atoms with E-state index >= 15 is 0 Å². The number of hydrogen-bond acceptors (Lipinski definition) is 6. The summed E-state index contributed by atoms with van der Waals surface area (Å²) in [5, 5.41) is 3.24. The second-order valence-electron chi connectivity index (χ2n) is 4.65. The van der Waals surface area contributed by atoms with Gasteiger partial charge in [0.15, 0.2) is 0 Å². The summed E-state index contributed by atoms with van der Waals surface area (Å²) in [5.41, 5.74) is 7.67. The number of rotatable bonds is 4. The van der Waals surface area contributed by atoms with Gasteiger partial charge in [-0.2, -0.15) is 0 Å². The fourth-order valence-corrected chi connectivity index (χ4v) is 1.58. The van der Waals surface area contributed by atoms with Crippen LogP contribution in [0.2, 0.25) is 0 Å². The molecule has 0 aromatic carbocycles. The molecule has 6 heteroatoms. The molecule has 0 aliphatic heterocycles. The third-order valence-corrected chi connectivity index (χ3v) is 2.80. The Bertz CT molecular complexity index is 553. The summed E-state index contributed by atoms with van der Waals surface area (Å²) in [7, 11) is 0. The molecule has 2 aromatic heterocycles. The summed E-state index contributed by atoms with van der Waals surface area (Å²) in [6.07, 6.45) is 3.24. The van der Waals surface area contributed by atoms with Crippen molar-refractivity contribution in [3.63, 3.8) is 0 Å². The van der Waals surface area contributed by atoms with Crippen molar-refractivity contribution >= 4 is 11.6 Å². The summed E-state index contributed by atoms with van der Waals surface area (Å²) < 4.78 is 0. The molecule has 0 bridgehead atoms. The molecule has 0 atom stereocenters. The van der Waals surface area contributed by atoms with E-state index in [1.165, 1.54) is 6.33 Å². The third-order valence-electron chi connectivity index (χ3n) is 2.80. The third kappa shape index (κ3) is 3.15. The zero-order valence-corrected chi connectivity index (χ0v) is 11.4. The first kappa shape index (κ1) is 13.2. The van der Waals surface area contributed by atoms with Crippen LogP contribution in [0.15, 0.2) is 18.6 Å². The first-order chi connectivity index (χ1) is 9.08. The highest BCUT2D eigenvalue weighted by molar-refractivity contribution is 5.55. The molecule has 6 nitrogen and oxygen atoms in total. The number of nitrogen functional groups attached to an aromatic ring is 1. The molecular weight excluding hydrogens is 240 g/mol. The fraction of sp³-hybridized carbons (Fsp3) is 0.385. The Hall–Kier alpha value is -2.24. The van der Waals surface area contributed by atoms with Crippen LogP contribution in [-0.2, 0) is 6.54 Å². The molecule has 2 heterocycles. The number of nitrogens with two attached hydrogens (primary N) is 1. The number of nitrogens with zero attached hydrogens (tertiary/aromatic N) is 4.